The van der Waals surface area contributed by atoms with Crippen LogP contribution < -0.4 is 0 Å². The van der Waals surface area contributed by atoms with Crippen LogP contribution in [0.2, 0.25) is 0 Å². The Morgan fingerprint density at radius 3 is 2.52 bits per heavy atom. The van der Waals surface area contributed by atoms with Gasteiger partial charge in [-0.3, -0.25) is 0 Å². The van der Waals surface area contributed by atoms with Crippen LogP contribution in [0.25, 0.3) is 0 Å². The minimum Gasteiger partial charge on any atom is -0.308 e. The molecule has 0 aliphatic heterocycles. The number of unbranched alkanes of at least 4 members (excludes halogenated alkanes) is 2. The lowest BCUT2D eigenvalue weighted by molar-refractivity contribution is 0.575. The van der Waals surface area contributed by atoms with Crippen molar-refractivity contribution >= 4 is 21.6 Å². The molecule has 2 aromatic rings. The van der Waals surface area contributed by atoms with Crippen LogP contribution in [-0.4, -0.2) is 19.5 Å². The number of rotatable bonds is 9. The number of hydrogen-bond acceptors (Lipinski definition) is 4. The molecule has 0 saturated carbocycles. The Bertz CT molecular complexity index is 594. The van der Waals surface area contributed by atoms with E-state index >= 15 is 0 Å². The van der Waals surface area contributed by atoms with Gasteiger partial charge in [-0.25, -0.2) is 0 Å². The molecular weight excluding hydrogens is 322 g/mol. The first-order valence-corrected chi connectivity index (χ1v) is 10.4. The van der Waals surface area contributed by atoms with E-state index in [0.29, 0.717) is 0 Å². The van der Waals surface area contributed by atoms with Gasteiger partial charge in [-0.1, -0.05) is 67.3 Å². The smallest absolute Gasteiger partial charge is 0.201 e. The van der Waals surface area contributed by atoms with Crippen LogP contribution in [0.1, 0.15) is 57.8 Å². The van der Waals surface area contributed by atoms with E-state index in [1.54, 1.807) is 10.8 Å². The van der Waals surface area contributed by atoms with Gasteiger partial charge in [0.2, 0.25) is 5.16 Å². The van der Waals surface area contributed by atoms with Crippen molar-refractivity contribution in [3.63, 3.8) is 0 Å². The molecule has 23 heavy (non-hydrogen) atoms. The molecule has 1 aromatic carbocycles. The van der Waals surface area contributed by atoms with Crippen molar-refractivity contribution in [1.82, 2.24) is 14.8 Å². The first-order chi connectivity index (χ1) is 11.0. The first kappa shape index (κ1) is 18.4. The van der Waals surface area contributed by atoms with E-state index in [-0.39, 0.29) is 4.75 Å². The van der Waals surface area contributed by atoms with Gasteiger partial charge in [0.15, 0.2) is 0 Å². The second-order valence-electron chi connectivity index (χ2n) is 6.50. The molecule has 0 spiro atoms. The maximum atomic E-state index is 4.37. The van der Waals surface area contributed by atoms with Crippen LogP contribution in [-0.2, 0) is 13.5 Å². The van der Waals surface area contributed by atoms with Crippen molar-refractivity contribution in [2.24, 2.45) is 7.05 Å². The van der Waals surface area contributed by atoms with Crippen LogP contribution in [0.5, 0.6) is 0 Å². The maximum Gasteiger partial charge on any atom is 0.201 e. The van der Waals surface area contributed by atoms with E-state index in [9.17, 15) is 0 Å². The molecule has 2 rings (SSSR count). The molecule has 0 unspecified atom stereocenters. The molecule has 0 N–H and O–H groups in total. The lowest BCUT2D eigenvalue weighted by Gasteiger charge is -2.22. The average molecular weight is 350 g/mol. The highest BCUT2D eigenvalue weighted by Crippen LogP contribution is 2.42. The summed E-state index contributed by atoms with van der Waals surface area (Å²) in [6, 6.07) is 10.4. The van der Waals surface area contributed by atoms with Crippen molar-refractivity contribution in [2.45, 2.75) is 62.8 Å². The predicted molar refractivity (Wildman–Crippen MR) is 102 cm³/mol. The Kier molecular flexibility index (Phi) is 7.03. The molecule has 3 nitrogen and oxygen atoms in total. The van der Waals surface area contributed by atoms with Gasteiger partial charge in [0.25, 0.3) is 0 Å². The molecule has 0 saturated heterocycles. The summed E-state index contributed by atoms with van der Waals surface area (Å²) in [5.74, 6) is 1.02. The van der Waals surface area contributed by atoms with Crippen molar-refractivity contribution in [1.29, 1.82) is 0 Å². The largest absolute Gasteiger partial charge is 0.308 e. The fourth-order valence-corrected chi connectivity index (χ4v) is 4.75. The summed E-state index contributed by atoms with van der Waals surface area (Å²) in [6.07, 6.45) is 5.97. The maximum absolute atomic E-state index is 4.37. The van der Waals surface area contributed by atoms with Gasteiger partial charge in [-0.15, -0.1) is 10.2 Å². The molecule has 1 heterocycles. The fraction of sp³-hybridized carbons (Fsp3) is 0.556. The van der Waals surface area contributed by atoms with Crippen LogP contribution >= 0.6 is 21.6 Å². The third-order valence-corrected chi connectivity index (χ3v) is 7.15. The van der Waals surface area contributed by atoms with E-state index in [0.717, 1.165) is 17.4 Å². The average Bonchev–Trinajstić information content (AvgIpc) is 2.87. The zero-order valence-corrected chi connectivity index (χ0v) is 16.2. The van der Waals surface area contributed by atoms with Crippen molar-refractivity contribution in [3.05, 3.63) is 41.7 Å². The zero-order valence-electron chi connectivity index (χ0n) is 14.6. The molecule has 0 radical (unpaired) electrons. The van der Waals surface area contributed by atoms with E-state index in [4.69, 9.17) is 0 Å². The third-order valence-electron chi connectivity index (χ3n) is 3.85. The Morgan fingerprint density at radius 2 is 1.83 bits per heavy atom. The number of nitrogens with zero attached hydrogens (tertiary/aromatic N) is 3. The fourth-order valence-electron chi connectivity index (χ4n) is 2.34. The Morgan fingerprint density at radius 1 is 1.09 bits per heavy atom. The summed E-state index contributed by atoms with van der Waals surface area (Å²) < 4.78 is 2.39. The second-order valence-corrected chi connectivity index (χ2v) is 9.31. The molecule has 126 valence electrons. The predicted octanol–water partition coefficient (Wildman–Crippen LogP) is 5.51. The molecule has 0 bridgehead atoms. The highest BCUT2D eigenvalue weighted by Gasteiger charge is 2.21. The lowest BCUT2D eigenvalue weighted by atomic mass is 10.0. The molecular formula is C18H27N3S2. The van der Waals surface area contributed by atoms with Gasteiger partial charge in [-0.2, -0.15) is 0 Å². The minimum atomic E-state index is 0.269. The van der Waals surface area contributed by atoms with E-state index in [1.165, 1.54) is 31.2 Å². The monoisotopic (exact) mass is 349 g/mol. The summed E-state index contributed by atoms with van der Waals surface area (Å²) in [4.78, 5) is 0. The summed E-state index contributed by atoms with van der Waals surface area (Å²) in [5, 5.41) is 9.72. The van der Waals surface area contributed by atoms with Crippen LogP contribution in [0.3, 0.4) is 0 Å². The Hall–Kier alpha value is -0.940. The quantitative estimate of drug-likeness (QED) is 0.441. The van der Waals surface area contributed by atoms with Gasteiger partial charge in [0, 0.05) is 18.2 Å². The van der Waals surface area contributed by atoms with Gasteiger partial charge in [-0.05, 0) is 36.6 Å². The SMILES string of the molecule is CCCCCC(C)(C)SSc1nnc(Cc2ccccc2)n1C. The Balaban J connectivity index is 1.91. The lowest BCUT2D eigenvalue weighted by Crippen LogP contribution is -2.12. The summed E-state index contributed by atoms with van der Waals surface area (Å²) >= 11 is 0. The minimum absolute atomic E-state index is 0.269. The van der Waals surface area contributed by atoms with Crippen LogP contribution in [0, 0.1) is 0 Å². The van der Waals surface area contributed by atoms with Crippen molar-refractivity contribution in [3.8, 4) is 0 Å². The summed E-state index contributed by atoms with van der Waals surface area (Å²) in [5.41, 5.74) is 1.27. The molecule has 0 aliphatic rings. The van der Waals surface area contributed by atoms with Crippen LogP contribution in [0.4, 0.5) is 0 Å². The highest BCUT2D eigenvalue weighted by atomic mass is 33.1. The van der Waals surface area contributed by atoms with Crippen molar-refractivity contribution < 1.29 is 0 Å². The Labute approximate surface area is 148 Å². The number of aromatic nitrogens is 3. The van der Waals surface area contributed by atoms with E-state index in [2.05, 4.69) is 66.8 Å². The number of benzene rings is 1. The molecule has 0 atom stereocenters. The molecule has 0 amide bonds. The number of hydrogen-bond donors (Lipinski definition) is 0. The highest BCUT2D eigenvalue weighted by molar-refractivity contribution is 8.77. The van der Waals surface area contributed by atoms with Gasteiger partial charge in [0.1, 0.15) is 5.82 Å². The summed E-state index contributed by atoms with van der Waals surface area (Å²) in [7, 11) is 5.72. The molecule has 1 aromatic heterocycles. The van der Waals surface area contributed by atoms with E-state index < -0.39 is 0 Å². The van der Waals surface area contributed by atoms with Crippen molar-refractivity contribution in [2.75, 3.05) is 0 Å². The van der Waals surface area contributed by atoms with Crippen LogP contribution in [0.15, 0.2) is 35.5 Å². The van der Waals surface area contributed by atoms with Gasteiger partial charge >= 0.3 is 0 Å². The third kappa shape index (κ3) is 5.88. The van der Waals surface area contributed by atoms with Gasteiger partial charge < -0.3 is 4.57 Å². The normalized spacial score (nSPS) is 11.8. The standard InChI is InChI=1S/C18H27N3S2/c1-5-6-10-13-18(2,3)23-22-17-20-19-16(21(17)4)14-15-11-8-7-9-12-15/h7-9,11-12H,5-6,10,13-14H2,1-4H3. The molecule has 5 heteroatoms. The zero-order chi connectivity index (χ0) is 16.7. The van der Waals surface area contributed by atoms with E-state index in [1.807, 2.05) is 16.9 Å². The topological polar surface area (TPSA) is 30.7 Å². The molecule has 0 aliphatic carbocycles. The summed E-state index contributed by atoms with van der Waals surface area (Å²) in [6.45, 7) is 6.89. The molecule has 0 fully saturated rings. The second kappa shape index (κ2) is 8.78. The first-order valence-electron chi connectivity index (χ1n) is 8.30. The van der Waals surface area contributed by atoms with Gasteiger partial charge in [0.05, 0.1) is 0 Å².